The number of hydrogen-bond donors (Lipinski definition) is 0. The first-order valence-electron chi connectivity index (χ1n) is 5.68. The summed E-state index contributed by atoms with van der Waals surface area (Å²) < 4.78 is 0. The van der Waals surface area contributed by atoms with E-state index in [1.807, 2.05) is 0 Å². The maximum Gasteiger partial charge on any atom is 0.224 e. The zero-order valence-electron chi connectivity index (χ0n) is 9.83. The average molecular weight is 233 g/mol. The van der Waals surface area contributed by atoms with E-state index in [0.29, 0.717) is 17.8 Å². The molecule has 0 aliphatic heterocycles. The molecule has 0 aromatic carbocycles. The summed E-state index contributed by atoms with van der Waals surface area (Å²) in [4.78, 5) is 10.2. The van der Waals surface area contributed by atoms with E-state index < -0.39 is 0 Å². The van der Waals surface area contributed by atoms with Crippen molar-refractivity contribution < 1.29 is 9.78 Å². The van der Waals surface area contributed by atoms with E-state index in [-0.39, 0.29) is 11.3 Å². The monoisotopic (exact) mass is 232 g/mol. The van der Waals surface area contributed by atoms with Crippen molar-refractivity contribution in [1.82, 2.24) is 0 Å². The Kier molecular flexibility index (Phi) is 4.94. The quantitative estimate of drug-likeness (QED) is 0.413. The molecule has 3 heteroatoms. The standard InChI is InChI=1S/C12H21ClO2/c1-8(2)11-6-5-9(3)7-12(11)15-14-10(4)13/h8-9,11-12H,4-7H2,1-3H3/t9-,11+,12-/m0/s1. The first-order valence-corrected chi connectivity index (χ1v) is 6.06. The molecule has 88 valence electrons. The summed E-state index contributed by atoms with van der Waals surface area (Å²) in [5, 5.41) is 0.107. The lowest BCUT2D eigenvalue weighted by Crippen LogP contribution is -2.34. The van der Waals surface area contributed by atoms with E-state index in [9.17, 15) is 0 Å². The number of halogens is 1. The Hall–Kier alpha value is -0.210. The van der Waals surface area contributed by atoms with E-state index >= 15 is 0 Å². The smallest absolute Gasteiger partial charge is 0.224 e. The van der Waals surface area contributed by atoms with E-state index in [0.717, 1.165) is 6.42 Å². The maximum atomic E-state index is 5.52. The zero-order chi connectivity index (χ0) is 11.4. The van der Waals surface area contributed by atoms with Crippen molar-refractivity contribution in [2.75, 3.05) is 0 Å². The molecule has 3 atom stereocenters. The van der Waals surface area contributed by atoms with Gasteiger partial charge in [-0.1, -0.05) is 27.2 Å². The molecular formula is C12H21ClO2. The summed E-state index contributed by atoms with van der Waals surface area (Å²) in [6.07, 6.45) is 3.70. The SMILES string of the molecule is C=C(Cl)OO[C@H]1C[C@@H](C)CC[C@@H]1C(C)C. The van der Waals surface area contributed by atoms with Gasteiger partial charge < -0.3 is 4.89 Å². The summed E-state index contributed by atoms with van der Waals surface area (Å²) in [5.41, 5.74) is 0. The Labute approximate surface area is 97.5 Å². The Balaban J connectivity index is 2.50. The highest BCUT2D eigenvalue weighted by Gasteiger charge is 2.32. The van der Waals surface area contributed by atoms with Crippen LogP contribution in [0.2, 0.25) is 0 Å². The van der Waals surface area contributed by atoms with Crippen LogP contribution in [0.5, 0.6) is 0 Å². The third-order valence-electron chi connectivity index (χ3n) is 3.22. The molecule has 0 radical (unpaired) electrons. The first kappa shape index (κ1) is 12.9. The summed E-state index contributed by atoms with van der Waals surface area (Å²) in [6.45, 7) is 10.2. The molecule has 0 aromatic rings. The van der Waals surface area contributed by atoms with Gasteiger partial charge in [0.05, 0.1) is 0 Å². The van der Waals surface area contributed by atoms with E-state index in [4.69, 9.17) is 21.4 Å². The molecule has 15 heavy (non-hydrogen) atoms. The second-order valence-corrected chi connectivity index (χ2v) is 5.32. The van der Waals surface area contributed by atoms with Crippen LogP contribution in [0.4, 0.5) is 0 Å². The van der Waals surface area contributed by atoms with Gasteiger partial charge in [-0.05, 0) is 48.8 Å². The third kappa shape index (κ3) is 4.04. The van der Waals surface area contributed by atoms with Gasteiger partial charge in [-0.15, -0.1) is 0 Å². The van der Waals surface area contributed by atoms with Gasteiger partial charge in [0.1, 0.15) is 6.10 Å². The topological polar surface area (TPSA) is 18.5 Å². The van der Waals surface area contributed by atoms with Crippen LogP contribution in [0.15, 0.2) is 11.8 Å². The van der Waals surface area contributed by atoms with Crippen LogP contribution in [0.3, 0.4) is 0 Å². The van der Waals surface area contributed by atoms with Crippen molar-refractivity contribution in [3.05, 3.63) is 11.8 Å². The molecule has 0 bridgehead atoms. The highest BCUT2D eigenvalue weighted by Crippen LogP contribution is 2.35. The first-order chi connectivity index (χ1) is 7.00. The Morgan fingerprint density at radius 2 is 2.07 bits per heavy atom. The molecule has 1 rings (SSSR count). The highest BCUT2D eigenvalue weighted by atomic mass is 35.5. The van der Waals surface area contributed by atoms with Gasteiger partial charge in [-0.25, -0.2) is 0 Å². The van der Waals surface area contributed by atoms with Crippen molar-refractivity contribution >= 4 is 11.6 Å². The molecule has 0 unspecified atom stereocenters. The predicted octanol–water partition coefficient (Wildman–Crippen LogP) is 4.11. The average Bonchev–Trinajstić information content (AvgIpc) is 2.14. The van der Waals surface area contributed by atoms with Crippen LogP contribution >= 0.6 is 11.6 Å². The zero-order valence-corrected chi connectivity index (χ0v) is 10.6. The van der Waals surface area contributed by atoms with Crippen LogP contribution in [0.1, 0.15) is 40.0 Å². The second kappa shape index (κ2) is 5.76. The molecule has 0 spiro atoms. The number of rotatable bonds is 4. The summed E-state index contributed by atoms with van der Waals surface area (Å²) >= 11 is 5.52. The van der Waals surface area contributed by atoms with Crippen LogP contribution in [0.25, 0.3) is 0 Å². The van der Waals surface area contributed by atoms with Gasteiger partial charge in [-0.2, -0.15) is 4.89 Å². The van der Waals surface area contributed by atoms with Crippen molar-refractivity contribution in [2.24, 2.45) is 17.8 Å². The third-order valence-corrected chi connectivity index (χ3v) is 3.29. The molecule has 1 saturated carbocycles. The van der Waals surface area contributed by atoms with Crippen molar-refractivity contribution in [1.29, 1.82) is 0 Å². The Bertz CT molecular complexity index is 216. The van der Waals surface area contributed by atoms with E-state index in [1.165, 1.54) is 12.8 Å². The van der Waals surface area contributed by atoms with Crippen LogP contribution in [-0.2, 0) is 9.78 Å². The lowest BCUT2D eigenvalue weighted by Gasteiger charge is -2.35. The van der Waals surface area contributed by atoms with Gasteiger partial charge in [-0.3, -0.25) is 0 Å². The van der Waals surface area contributed by atoms with Gasteiger partial charge in [0.15, 0.2) is 0 Å². The van der Waals surface area contributed by atoms with Crippen LogP contribution < -0.4 is 0 Å². The molecule has 1 aliphatic carbocycles. The minimum Gasteiger partial charge on any atom is -0.325 e. The highest BCUT2D eigenvalue weighted by molar-refractivity contribution is 6.27. The molecule has 0 amide bonds. The normalized spacial score (nSPS) is 31.7. The van der Waals surface area contributed by atoms with E-state index in [1.54, 1.807) is 0 Å². The molecule has 0 N–H and O–H groups in total. The predicted molar refractivity (Wildman–Crippen MR) is 62.3 cm³/mol. The fourth-order valence-corrected chi connectivity index (χ4v) is 2.38. The Morgan fingerprint density at radius 1 is 1.40 bits per heavy atom. The molecule has 0 saturated heterocycles. The molecule has 1 fully saturated rings. The lowest BCUT2D eigenvalue weighted by atomic mass is 9.75. The minimum atomic E-state index is 0.107. The van der Waals surface area contributed by atoms with Gasteiger partial charge in [0.2, 0.25) is 5.22 Å². The second-order valence-electron chi connectivity index (χ2n) is 4.90. The molecule has 0 aromatic heterocycles. The Morgan fingerprint density at radius 3 is 2.60 bits per heavy atom. The molecular weight excluding hydrogens is 212 g/mol. The van der Waals surface area contributed by atoms with Crippen molar-refractivity contribution in [3.8, 4) is 0 Å². The molecule has 2 nitrogen and oxygen atoms in total. The number of hydrogen-bond acceptors (Lipinski definition) is 2. The van der Waals surface area contributed by atoms with Crippen LogP contribution in [0, 0.1) is 17.8 Å². The van der Waals surface area contributed by atoms with E-state index in [2.05, 4.69) is 27.4 Å². The largest absolute Gasteiger partial charge is 0.325 e. The summed E-state index contributed by atoms with van der Waals surface area (Å²) in [5.74, 6) is 1.89. The minimum absolute atomic E-state index is 0.107. The molecule has 0 heterocycles. The van der Waals surface area contributed by atoms with Gasteiger partial charge in [0.25, 0.3) is 0 Å². The van der Waals surface area contributed by atoms with Crippen LogP contribution in [-0.4, -0.2) is 6.10 Å². The van der Waals surface area contributed by atoms with Crippen molar-refractivity contribution in [3.63, 3.8) is 0 Å². The fourth-order valence-electron chi connectivity index (χ4n) is 2.34. The fraction of sp³-hybridized carbons (Fsp3) is 0.833. The molecule has 1 aliphatic rings. The summed E-state index contributed by atoms with van der Waals surface area (Å²) in [7, 11) is 0. The lowest BCUT2D eigenvalue weighted by molar-refractivity contribution is -0.308. The summed E-state index contributed by atoms with van der Waals surface area (Å²) in [6, 6.07) is 0. The maximum absolute atomic E-state index is 5.52. The van der Waals surface area contributed by atoms with Gasteiger partial charge in [0, 0.05) is 0 Å². The van der Waals surface area contributed by atoms with Gasteiger partial charge >= 0.3 is 0 Å². The van der Waals surface area contributed by atoms with Crippen molar-refractivity contribution in [2.45, 2.75) is 46.1 Å².